The first-order valence-electron chi connectivity index (χ1n) is 8.92. The number of benzene rings is 1. The zero-order chi connectivity index (χ0) is 18.6. The van der Waals surface area contributed by atoms with Gasteiger partial charge in [0, 0.05) is 25.0 Å². The van der Waals surface area contributed by atoms with Crippen LogP contribution in [0.2, 0.25) is 0 Å². The molecule has 1 atom stereocenters. The second kappa shape index (κ2) is 8.24. The van der Waals surface area contributed by atoms with Crippen molar-refractivity contribution in [1.29, 1.82) is 0 Å². The molecule has 0 aliphatic carbocycles. The predicted molar refractivity (Wildman–Crippen MR) is 103 cm³/mol. The molecule has 7 heteroatoms. The molecule has 1 amide bonds. The monoisotopic (exact) mass is 374 g/mol. The van der Waals surface area contributed by atoms with Crippen molar-refractivity contribution in [2.45, 2.75) is 32.2 Å². The first kappa shape index (κ1) is 18.9. The highest BCUT2D eigenvalue weighted by atomic mass is 32.1. The fourth-order valence-corrected chi connectivity index (χ4v) is 3.53. The molecule has 2 heterocycles. The van der Waals surface area contributed by atoms with Crippen LogP contribution in [0, 0.1) is 0 Å². The third-order valence-electron chi connectivity index (χ3n) is 4.70. The molecule has 1 aromatic heterocycles. The van der Waals surface area contributed by atoms with Crippen molar-refractivity contribution in [3.63, 3.8) is 0 Å². The van der Waals surface area contributed by atoms with E-state index in [2.05, 4.69) is 64.8 Å². The quantitative estimate of drug-likeness (QED) is 0.871. The van der Waals surface area contributed by atoms with Gasteiger partial charge < -0.3 is 10.1 Å². The molecule has 0 spiro atoms. The maximum Gasteiger partial charge on any atom is 0.272 e. The number of hydrogen-bond acceptors (Lipinski definition) is 6. The first-order valence-corrected chi connectivity index (χ1v) is 9.76. The number of ether oxygens (including phenoxy) is 1. The smallest absolute Gasteiger partial charge is 0.272 e. The highest BCUT2D eigenvalue weighted by molar-refractivity contribution is 7.03. The maximum atomic E-state index is 12.3. The summed E-state index contributed by atoms with van der Waals surface area (Å²) in [7, 11) is 0. The summed E-state index contributed by atoms with van der Waals surface area (Å²) in [6.07, 6.45) is 0. The van der Waals surface area contributed by atoms with Gasteiger partial charge in [-0.25, -0.2) is 0 Å². The number of nitrogens with one attached hydrogen (secondary N) is 1. The lowest BCUT2D eigenvalue weighted by Crippen LogP contribution is -2.43. The van der Waals surface area contributed by atoms with Gasteiger partial charge in [0.25, 0.3) is 5.91 Å². The summed E-state index contributed by atoms with van der Waals surface area (Å²) < 4.78 is 9.24. The van der Waals surface area contributed by atoms with Crippen molar-refractivity contribution in [2.24, 2.45) is 0 Å². The molecule has 2 aromatic rings. The minimum absolute atomic E-state index is 0.114. The zero-order valence-corrected chi connectivity index (χ0v) is 16.4. The number of aromatic nitrogens is 2. The van der Waals surface area contributed by atoms with E-state index in [-0.39, 0.29) is 17.4 Å². The average molecular weight is 375 g/mol. The molecule has 1 N–H and O–H groups in total. The van der Waals surface area contributed by atoms with E-state index in [9.17, 15) is 4.79 Å². The van der Waals surface area contributed by atoms with E-state index < -0.39 is 0 Å². The number of hydrogen-bond donors (Lipinski definition) is 1. The van der Waals surface area contributed by atoms with Crippen molar-refractivity contribution in [3.8, 4) is 0 Å². The van der Waals surface area contributed by atoms with Crippen LogP contribution >= 0.6 is 11.5 Å². The van der Waals surface area contributed by atoms with Gasteiger partial charge >= 0.3 is 0 Å². The molecule has 0 saturated carbocycles. The Bertz CT molecular complexity index is 704. The summed E-state index contributed by atoms with van der Waals surface area (Å²) in [6.45, 7) is 10.3. The largest absolute Gasteiger partial charge is 0.379 e. The van der Waals surface area contributed by atoms with Gasteiger partial charge in [0.05, 0.1) is 19.3 Å². The van der Waals surface area contributed by atoms with E-state index in [4.69, 9.17) is 4.74 Å². The molecule has 1 saturated heterocycles. The van der Waals surface area contributed by atoms with Crippen LogP contribution in [-0.4, -0.2) is 53.2 Å². The van der Waals surface area contributed by atoms with Crippen molar-refractivity contribution in [3.05, 3.63) is 46.5 Å². The van der Waals surface area contributed by atoms with Crippen LogP contribution in [0.1, 0.15) is 48.4 Å². The molecule has 0 unspecified atom stereocenters. The van der Waals surface area contributed by atoms with Crippen LogP contribution < -0.4 is 5.32 Å². The van der Waals surface area contributed by atoms with E-state index in [1.165, 1.54) is 22.7 Å². The Kier molecular flexibility index (Phi) is 6.01. The van der Waals surface area contributed by atoms with E-state index in [1.807, 2.05) is 0 Å². The standard InChI is InChI=1S/C19H26N4O2S/c1-19(2,3)15-6-4-14(5-7-15)17(23-8-10-25-11-9-23)12-20-18(24)16-13-26-22-21-16/h4-7,13,17H,8-12H2,1-3H3,(H,20,24)/t17-/m1/s1. The van der Waals surface area contributed by atoms with Crippen molar-refractivity contribution in [1.82, 2.24) is 19.8 Å². The SMILES string of the molecule is CC(C)(C)c1ccc([C@@H](CNC(=O)c2csnn2)N2CCOCC2)cc1. The molecule has 140 valence electrons. The molecule has 0 bridgehead atoms. The number of carbonyl (C=O) groups excluding carboxylic acids is 1. The van der Waals surface area contributed by atoms with E-state index in [0.29, 0.717) is 12.2 Å². The number of rotatable bonds is 5. The van der Waals surface area contributed by atoms with Gasteiger partial charge in [0.15, 0.2) is 5.69 Å². The topological polar surface area (TPSA) is 67.4 Å². The number of morpholine rings is 1. The molecular formula is C19H26N4O2S. The molecule has 1 fully saturated rings. The highest BCUT2D eigenvalue weighted by Gasteiger charge is 2.24. The summed E-state index contributed by atoms with van der Waals surface area (Å²) in [4.78, 5) is 14.6. The zero-order valence-electron chi connectivity index (χ0n) is 15.6. The van der Waals surface area contributed by atoms with Gasteiger partial charge in [-0.2, -0.15) is 0 Å². The van der Waals surface area contributed by atoms with Crippen LogP contribution in [-0.2, 0) is 10.2 Å². The number of nitrogens with zero attached hydrogens (tertiary/aromatic N) is 3. The van der Waals surface area contributed by atoms with Gasteiger partial charge in [-0.05, 0) is 28.1 Å². The molecule has 1 aliphatic heterocycles. The lowest BCUT2D eigenvalue weighted by Gasteiger charge is -2.35. The summed E-state index contributed by atoms with van der Waals surface area (Å²) in [6, 6.07) is 8.85. The minimum atomic E-state index is -0.177. The van der Waals surface area contributed by atoms with Crippen LogP contribution in [0.4, 0.5) is 0 Å². The van der Waals surface area contributed by atoms with Crippen LogP contribution in [0.3, 0.4) is 0 Å². The average Bonchev–Trinajstić information content (AvgIpc) is 3.17. The van der Waals surface area contributed by atoms with Crippen molar-refractivity contribution >= 4 is 17.4 Å². The molecular weight excluding hydrogens is 348 g/mol. The molecule has 26 heavy (non-hydrogen) atoms. The molecule has 1 aromatic carbocycles. The first-order chi connectivity index (χ1) is 12.4. The lowest BCUT2D eigenvalue weighted by molar-refractivity contribution is 0.0162. The fourth-order valence-electron chi connectivity index (χ4n) is 3.10. The number of amides is 1. The summed E-state index contributed by atoms with van der Waals surface area (Å²) >= 11 is 1.18. The minimum Gasteiger partial charge on any atom is -0.379 e. The Hall–Kier alpha value is -1.83. The molecule has 3 rings (SSSR count). The third kappa shape index (κ3) is 4.66. The molecule has 6 nitrogen and oxygen atoms in total. The van der Waals surface area contributed by atoms with E-state index in [1.54, 1.807) is 5.38 Å². The summed E-state index contributed by atoms with van der Waals surface area (Å²) in [5.41, 5.74) is 3.01. The fraction of sp³-hybridized carbons (Fsp3) is 0.526. The Morgan fingerprint density at radius 2 is 1.96 bits per heavy atom. The van der Waals surface area contributed by atoms with Gasteiger partial charge in [-0.3, -0.25) is 9.69 Å². The van der Waals surface area contributed by atoms with Crippen LogP contribution in [0.15, 0.2) is 29.6 Å². The van der Waals surface area contributed by atoms with E-state index >= 15 is 0 Å². The Labute approximate surface area is 158 Å². The highest BCUT2D eigenvalue weighted by Crippen LogP contribution is 2.26. The van der Waals surface area contributed by atoms with Gasteiger partial charge in [-0.1, -0.05) is 49.5 Å². The number of carbonyl (C=O) groups is 1. The normalized spacial score (nSPS) is 17.0. The van der Waals surface area contributed by atoms with Gasteiger partial charge in [0.1, 0.15) is 0 Å². The predicted octanol–water partition coefficient (Wildman–Crippen LogP) is 2.64. The lowest BCUT2D eigenvalue weighted by atomic mass is 9.86. The second-order valence-electron chi connectivity index (χ2n) is 7.54. The second-order valence-corrected chi connectivity index (χ2v) is 8.15. The Morgan fingerprint density at radius 3 is 2.54 bits per heavy atom. The third-order valence-corrected chi connectivity index (χ3v) is 5.20. The van der Waals surface area contributed by atoms with Gasteiger partial charge in [-0.15, -0.1) is 5.10 Å². The Morgan fingerprint density at radius 1 is 1.27 bits per heavy atom. The maximum absolute atomic E-state index is 12.3. The van der Waals surface area contributed by atoms with Crippen LogP contribution in [0.25, 0.3) is 0 Å². The van der Waals surface area contributed by atoms with Gasteiger partial charge in [0.2, 0.25) is 0 Å². The van der Waals surface area contributed by atoms with Crippen molar-refractivity contribution in [2.75, 3.05) is 32.8 Å². The Balaban J connectivity index is 1.75. The molecule has 1 aliphatic rings. The van der Waals surface area contributed by atoms with Crippen LogP contribution in [0.5, 0.6) is 0 Å². The summed E-state index contributed by atoms with van der Waals surface area (Å²) in [5.74, 6) is -0.177. The van der Waals surface area contributed by atoms with Crippen molar-refractivity contribution < 1.29 is 9.53 Å². The van der Waals surface area contributed by atoms with E-state index in [0.717, 1.165) is 26.3 Å². The summed E-state index contributed by atoms with van der Waals surface area (Å²) in [5, 5.41) is 8.51. The molecule has 0 radical (unpaired) electrons.